The number of rotatable bonds is 12. The highest BCUT2D eigenvalue weighted by molar-refractivity contribution is 5.88. The molecule has 0 aliphatic carbocycles. The first-order valence-corrected chi connectivity index (χ1v) is 10.7. The molecular formula is C27H32O6. The number of carbonyl (C=O) groups excluding carboxylic acids is 2. The van der Waals surface area contributed by atoms with Crippen LogP contribution < -0.4 is 9.47 Å². The zero-order chi connectivity index (χ0) is 24.4. The van der Waals surface area contributed by atoms with Crippen molar-refractivity contribution in [2.45, 2.75) is 33.1 Å². The van der Waals surface area contributed by atoms with E-state index in [1.807, 2.05) is 36.4 Å². The van der Waals surface area contributed by atoms with Crippen LogP contribution in [-0.2, 0) is 24.5 Å². The SMILES string of the molecule is C=C(C)C(=O)OCCOCCOc1ccc(C(C)(C)c2ccc(OC(=O)C(=C)C)cc2)cc1. The number of benzene rings is 2. The van der Waals surface area contributed by atoms with Gasteiger partial charge in [0.15, 0.2) is 0 Å². The largest absolute Gasteiger partial charge is 0.491 e. The second-order valence-electron chi connectivity index (χ2n) is 8.22. The number of hydrogen-bond acceptors (Lipinski definition) is 6. The average molecular weight is 453 g/mol. The van der Waals surface area contributed by atoms with Crippen LogP contribution in [0, 0.1) is 0 Å². The van der Waals surface area contributed by atoms with Gasteiger partial charge < -0.3 is 18.9 Å². The Kier molecular flexibility index (Phi) is 9.43. The first kappa shape index (κ1) is 25.9. The van der Waals surface area contributed by atoms with Crippen molar-refractivity contribution in [3.63, 3.8) is 0 Å². The molecule has 2 aromatic rings. The molecule has 0 aliphatic heterocycles. The highest BCUT2D eigenvalue weighted by Gasteiger charge is 2.23. The van der Waals surface area contributed by atoms with Gasteiger partial charge in [0.25, 0.3) is 0 Å². The molecule has 0 amide bonds. The molecule has 33 heavy (non-hydrogen) atoms. The van der Waals surface area contributed by atoms with E-state index in [1.165, 1.54) is 0 Å². The summed E-state index contributed by atoms with van der Waals surface area (Å²) in [5, 5.41) is 0. The van der Waals surface area contributed by atoms with E-state index in [2.05, 4.69) is 27.0 Å². The molecule has 2 aromatic carbocycles. The topological polar surface area (TPSA) is 71.1 Å². The molecule has 0 heterocycles. The number of carbonyl (C=O) groups is 2. The highest BCUT2D eigenvalue weighted by Crippen LogP contribution is 2.33. The van der Waals surface area contributed by atoms with Gasteiger partial charge in [0, 0.05) is 16.6 Å². The molecule has 0 fully saturated rings. The Hall–Kier alpha value is -3.38. The van der Waals surface area contributed by atoms with Crippen molar-refractivity contribution in [1.29, 1.82) is 0 Å². The predicted octanol–water partition coefficient (Wildman–Crippen LogP) is 5.01. The van der Waals surface area contributed by atoms with E-state index in [-0.39, 0.29) is 12.0 Å². The van der Waals surface area contributed by atoms with Crippen LogP contribution in [-0.4, -0.2) is 38.4 Å². The normalized spacial score (nSPS) is 10.9. The summed E-state index contributed by atoms with van der Waals surface area (Å²) in [5.74, 6) is 0.380. The Morgan fingerprint density at radius 2 is 1.21 bits per heavy atom. The van der Waals surface area contributed by atoms with Crippen LogP contribution in [0.15, 0.2) is 72.8 Å². The fourth-order valence-electron chi connectivity index (χ4n) is 2.91. The lowest BCUT2D eigenvalue weighted by molar-refractivity contribution is -0.140. The minimum absolute atomic E-state index is 0.187. The van der Waals surface area contributed by atoms with Crippen LogP contribution in [0.3, 0.4) is 0 Å². The van der Waals surface area contributed by atoms with Crippen molar-refractivity contribution in [1.82, 2.24) is 0 Å². The van der Waals surface area contributed by atoms with Crippen molar-refractivity contribution in [2.75, 3.05) is 26.4 Å². The molecule has 0 N–H and O–H groups in total. The van der Waals surface area contributed by atoms with Gasteiger partial charge in [-0.05, 0) is 49.2 Å². The standard InChI is InChI=1S/C27H32O6/c1-19(2)25(28)32-18-16-30-15-17-31-23-11-7-21(8-12-23)27(5,6)22-9-13-24(14-10-22)33-26(29)20(3)4/h7-14H,1,3,15-18H2,2,4-6H3. The fourth-order valence-corrected chi connectivity index (χ4v) is 2.91. The Morgan fingerprint density at radius 3 is 1.73 bits per heavy atom. The molecule has 6 nitrogen and oxygen atoms in total. The van der Waals surface area contributed by atoms with Gasteiger partial charge in [0.2, 0.25) is 0 Å². The van der Waals surface area contributed by atoms with Gasteiger partial charge >= 0.3 is 11.9 Å². The van der Waals surface area contributed by atoms with Gasteiger partial charge in [0.1, 0.15) is 24.7 Å². The van der Waals surface area contributed by atoms with Crippen molar-refractivity contribution in [3.8, 4) is 11.5 Å². The van der Waals surface area contributed by atoms with E-state index >= 15 is 0 Å². The van der Waals surface area contributed by atoms with Gasteiger partial charge in [-0.1, -0.05) is 51.3 Å². The zero-order valence-corrected chi connectivity index (χ0v) is 19.8. The summed E-state index contributed by atoms with van der Waals surface area (Å²) in [6, 6.07) is 15.4. The molecular weight excluding hydrogens is 420 g/mol. The van der Waals surface area contributed by atoms with Crippen molar-refractivity contribution < 1.29 is 28.5 Å². The zero-order valence-electron chi connectivity index (χ0n) is 19.8. The third kappa shape index (κ3) is 7.91. The highest BCUT2D eigenvalue weighted by atomic mass is 16.6. The first-order chi connectivity index (χ1) is 15.6. The fraction of sp³-hybridized carbons (Fsp3) is 0.333. The van der Waals surface area contributed by atoms with Crippen molar-refractivity contribution in [2.24, 2.45) is 0 Å². The summed E-state index contributed by atoms with van der Waals surface area (Å²) >= 11 is 0. The maximum Gasteiger partial charge on any atom is 0.338 e. The third-order valence-corrected chi connectivity index (χ3v) is 5.02. The molecule has 0 unspecified atom stereocenters. The molecule has 2 rings (SSSR count). The van der Waals surface area contributed by atoms with Gasteiger partial charge in [-0.3, -0.25) is 0 Å². The smallest absolute Gasteiger partial charge is 0.338 e. The van der Waals surface area contributed by atoms with E-state index < -0.39 is 11.9 Å². The average Bonchev–Trinajstić information content (AvgIpc) is 2.78. The van der Waals surface area contributed by atoms with Crippen LogP contribution in [0.1, 0.15) is 38.8 Å². The summed E-state index contributed by atoms with van der Waals surface area (Å²) in [5.41, 5.74) is 2.69. The molecule has 0 aromatic heterocycles. The lowest BCUT2D eigenvalue weighted by atomic mass is 9.78. The summed E-state index contributed by atoms with van der Waals surface area (Å²) in [4.78, 5) is 22.9. The van der Waals surface area contributed by atoms with E-state index in [1.54, 1.807) is 26.0 Å². The Balaban J connectivity index is 1.83. The Morgan fingerprint density at radius 1 is 0.727 bits per heavy atom. The number of hydrogen-bond donors (Lipinski definition) is 0. The van der Waals surface area contributed by atoms with E-state index in [0.717, 1.165) is 16.9 Å². The van der Waals surface area contributed by atoms with Crippen LogP contribution >= 0.6 is 0 Å². The summed E-state index contributed by atoms with van der Waals surface area (Å²) in [6.07, 6.45) is 0. The summed E-state index contributed by atoms with van der Waals surface area (Å²) in [7, 11) is 0. The lowest BCUT2D eigenvalue weighted by Crippen LogP contribution is -2.19. The second kappa shape index (κ2) is 12.0. The summed E-state index contributed by atoms with van der Waals surface area (Å²) in [6.45, 7) is 15.9. The Bertz CT molecular complexity index is 971. The predicted molar refractivity (Wildman–Crippen MR) is 128 cm³/mol. The number of esters is 2. The van der Waals surface area contributed by atoms with Gasteiger partial charge in [-0.15, -0.1) is 0 Å². The van der Waals surface area contributed by atoms with Gasteiger partial charge in [-0.25, -0.2) is 9.59 Å². The minimum Gasteiger partial charge on any atom is -0.491 e. The van der Waals surface area contributed by atoms with Gasteiger partial charge in [0.05, 0.1) is 13.2 Å². The molecule has 176 valence electrons. The van der Waals surface area contributed by atoms with Crippen LogP contribution in [0.25, 0.3) is 0 Å². The second-order valence-corrected chi connectivity index (χ2v) is 8.22. The molecule has 0 saturated heterocycles. The van der Waals surface area contributed by atoms with Crippen LogP contribution in [0.5, 0.6) is 11.5 Å². The third-order valence-electron chi connectivity index (χ3n) is 5.02. The quantitative estimate of drug-likeness (QED) is 0.195. The van der Waals surface area contributed by atoms with E-state index in [4.69, 9.17) is 18.9 Å². The lowest BCUT2D eigenvalue weighted by Gasteiger charge is -2.26. The molecule has 6 heteroatoms. The van der Waals surface area contributed by atoms with Crippen molar-refractivity contribution >= 4 is 11.9 Å². The summed E-state index contributed by atoms with van der Waals surface area (Å²) < 4.78 is 21.3. The maximum absolute atomic E-state index is 11.7. The monoisotopic (exact) mass is 452 g/mol. The molecule has 0 aliphatic rings. The molecule has 0 radical (unpaired) electrons. The van der Waals surface area contributed by atoms with E-state index in [9.17, 15) is 9.59 Å². The molecule has 0 bridgehead atoms. The first-order valence-electron chi connectivity index (χ1n) is 10.7. The maximum atomic E-state index is 11.7. The van der Waals surface area contributed by atoms with Crippen LogP contribution in [0.4, 0.5) is 0 Å². The van der Waals surface area contributed by atoms with E-state index in [0.29, 0.717) is 36.7 Å². The Labute approximate surface area is 195 Å². The molecule has 0 atom stereocenters. The van der Waals surface area contributed by atoms with Crippen molar-refractivity contribution in [3.05, 3.63) is 84.0 Å². The van der Waals surface area contributed by atoms with Crippen LogP contribution in [0.2, 0.25) is 0 Å². The molecule has 0 saturated carbocycles. The minimum atomic E-state index is -0.436. The molecule has 0 spiro atoms. The van der Waals surface area contributed by atoms with Gasteiger partial charge in [-0.2, -0.15) is 0 Å². The number of ether oxygens (including phenoxy) is 4.